The Kier molecular flexibility index (Phi) is 4.22. The molecule has 2 aromatic rings. The first kappa shape index (κ1) is 15.7. The summed E-state index contributed by atoms with van der Waals surface area (Å²) in [6.45, 7) is 3.54. The lowest BCUT2D eigenvalue weighted by atomic mass is 10.2. The zero-order valence-corrected chi connectivity index (χ0v) is 13.8. The van der Waals surface area contributed by atoms with Crippen LogP contribution >= 0.6 is 11.6 Å². The van der Waals surface area contributed by atoms with Gasteiger partial charge in [-0.15, -0.1) is 0 Å². The quantitative estimate of drug-likeness (QED) is 0.935. The van der Waals surface area contributed by atoms with Gasteiger partial charge in [0.05, 0.1) is 5.69 Å². The third kappa shape index (κ3) is 3.45. The van der Waals surface area contributed by atoms with E-state index in [1.807, 2.05) is 6.92 Å². The number of hydrogen-bond acceptors (Lipinski definition) is 3. The molecule has 0 aliphatic heterocycles. The van der Waals surface area contributed by atoms with Crippen LogP contribution in [0, 0.1) is 6.92 Å². The van der Waals surface area contributed by atoms with Crippen LogP contribution in [0.3, 0.4) is 0 Å². The van der Waals surface area contributed by atoms with Gasteiger partial charge in [0, 0.05) is 22.7 Å². The Morgan fingerprint density at radius 1 is 1.35 bits per heavy atom. The first-order valence-electron chi connectivity index (χ1n) is 7.62. The SMILES string of the molecule is Cc1cc(NC(=O)C(C)n2nc(C3CC3)ccc2=O)ccc1Cl. The predicted molar refractivity (Wildman–Crippen MR) is 90.0 cm³/mol. The number of rotatable bonds is 4. The van der Waals surface area contributed by atoms with Crippen LogP contribution in [0.4, 0.5) is 5.69 Å². The molecule has 3 rings (SSSR count). The van der Waals surface area contributed by atoms with Crippen molar-refractivity contribution in [3.8, 4) is 0 Å². The number of hydrogen-bond donors (Lipinski definition) is 1. The minimum Gasteiger partial charge on any atom is -0.324 e. The van der Waals surface area contributed by atoms with E-state index in [9.17, 15) is 9.59 Å². The van der Waals surface area contributed by atoms with E-state index in [1.54, 1.807) is 31.2 Å². The average molecular weight is 332 g/mol. The molecule has 0 saturated heterocycles. The monoisotopic (exact) mass is 331 g/mol. The maximum absolute atomic E-state index is 12.4. The topological polar surface area (TPSA) is 64.0 Å². The van der Waals surface area contributed by atoms with Crippen LogP contribution in [0.1, 0.15) is 43.0 Å². The highest BCUT2D eigenvalue weighted by Crippen LogP contribution is 2.38. The summed E-state index contributed by atoms with van der Waals surface area (Å²) in [4.78, 5) is 24.4. The number of nitrogens with one attached hydrogen (secondary N) is 1. The molecule has 1 N–H and O–H groups in total. The van der Waals surface area contributed by atoms with Gasteiger partial charge in [0.25, 0.3) is 5.56 Å². The smallest absolute Gasteiger partial charge is 0.267 e. The minimum absolute atomic E-state index is 0.274. The van der Waals surface area contributed by atoms with Gasteiger partial charge in [0.2, 0.25) is 5.91 Å². The standard InChI is InChI=1S/C17H18ClN3O2/c1-10-9-13(5-6-14(10)18)19-17(23)11(2)21-16(22)8-7-15(20-21)12-3-4-12/h5-9,11-12H,3-4H2,1-2H3,(H,19,23). The fourth-order valence-electron chi connectivity index (χ4n) is 2.39. The van der Waals surface area contributed by atoms with E-state index in [4.69, 9.17) is 11.6 Å². The second-order valence-corrected chi connectivity index (χ2v) is 6.35. The number of aromatic nitrogens is 2. The highest BCUT2D eigenvalue weighted by molar-refractivity contribution is 6.31. The van der Waals surface area contributed by atoms with Crippen LogP contribution in [-0.2, 0) is 4.79 Å². The third-order valence-electron chi connectivity index (χ3n) is 4.01. The highest BCUT2D eigenvalue weighted by atomic mass is 35.5. The highest BCUT2D eigenvalue weighted by Gasteiger charge is 2.27. The Morgan fingerprint density at radius 2 is 2.09 bits per heavy atom. The molecule has 0 radical (unpaired) electrons. The van der Waals surface area contributed by atoms with E-state index in [-0.39, 0.29) is 11.5 Å². The predicted octanol–water partition coefficient (Wildman–Crippen LogP) is 3.28. The number of anilines is 1. The molecule has 1 atom stereocenters. The van der Waals surface area contributed by atoms with Gasteiger partial charge in [-0.05, 0) is 56.5 Å². The first-order chi connectivity index (χ1) is 11.0. The van der Waals surface area contributed by atoms with Gasteiger partial charge in [0.15, 0.2) is 0 Å². The van der Waals surface area contributed by atoms with Gasteiger partial charge < -0.3 is 5.32 Å². The van der Waals surface area contributed by atoms with Gasteiger partial charge >= 0.3 is 0 Å². The number of aryl methyl sites for hydroxylation is 1. The van der Waals surface area contributed by atoms with Crippen molar-refractivity contribution in [2.24, 2.45) is 0 Å². The first-order valence-corrected chi connectivity index (χ1v) is 8.00. The van der Waals surface area contributed by atoms with Crippen LogP contribution in [-0.4, -0.2) is 15.7 Å². The van der Waals surface area contributed by atoms with E-state index in [0.717, 1.165) is 24.1 Å². The summed E-state index contributed by atoms with van der Waals surface area (Å²) in [5.74, 6) is 0.144. The second kappa shape index (κ2) is 6.16. The van der Waals surface area contributed by atoms with Crippen molar-refractivity contribution in [1.29, 1.82) is 0 Å². The van der Waals surface area contributed by atoms with Crippen molar-refractivity contribution in [3.63, 3.8) is 0 Å². The number of halogens is 1. The number of benzene rings is 1. The van der Waals surface area contributed by atoms with Crippen LogP contribution in [0.2, 0.25) is 5.02 Å². The molecule has 1 amide bonds. The summed E-state index contributed by atoms with van der Waals surface area (Å²) in [5.41, 5.74) is 2.13. The molecule has 1 heterocycles. The van der Waals surface area contributed by atoms with Gasteiger partial charge in [-0.2, -0.15) is 5.10 Å². The summed E-state index contributed by atoms with van der Waals surface area (Å²) in [7, 11) is 0. The molecule has 1 unspecified atom stereocenters. The zero-order chi connectivity index (χ0) is 16.6. The Balaban J connectivity index is 1.80. The van der Waals surface area contributed by atoms with Crippen LogP contribution in [0.15, 0.2) is 35.1 Å². The molecule has 1 aromatic carbocycles. The van der Waals surface area contributed by atoms with E-state index in [1.165, 1.54) is 10.7 Å². The van der Waals surface area contributed by atoms with Crippen LogP contribution < -0.4 is 10.9 Å². The summed E-state index contributed by atoms with van der Waals surface area (Å²) in [5, 5.41) is 7.80. The number of nitrogens with zero attached hydrogens (tertiary/aromatic N) is 2. The Morgan fingerprint density at radius 3 is 2.74 bits per heavy atom. The summed E-state index contributed by atoms with van der Waals surface area (Å²) < 4.78 is 1.26. The molecular weight excluding hydrogens is 314 g/mol. The lowest BCUT2D eigenvalue weighted by Gasteiger charge is -2.15. The zero-order valence-electron chi connectivity index (χ0n) is 13.0. The molecule has 23 heavy (non-hydrogen) atoms. The fraction of sp³-hybridized carbons (Fsp3) is 0.353. The van der Waals surface area contributed by atoms with Gasteiger partial charge in [-0.3, -0.25) is 9.59 Å². The average Bonchev–Trinajstić information content (AvgIpc) is 3.35. The van der Waals surface area contributed by atoms with Gasteiger partial charge in [-0.25, -0.2) is 4.68 Å². The molecule has 6 heteroatoms. The van der Waals surface area contributed by atoms with Crippen molar-refractivity contribution >= 4 is 23.2 Å². The molecule has 0 bridgehead atoms. The summed E-state index contributed by atoms with van der Waals surface area (Å²) >= 11 is 5.98. The van der Waals surface area contributed by atoms with Crippen molar-refractivity contribution in [3.05, 3.63) is 57.0 Å². The van der Waals surface area contributed by atoms with Crippen LogP contribution in [0.5, 0.6) is 0 Å². The molecule has 1 aliphatic carbocycles. The molecule has 0 spiro atoms. The Labute approximate surface area is 139 Å². The maximum atomic E-state index is 12.4. The van der Waals surface area contributed by atoms with Crippen molar-refractivity contribution in [2.45, 2.75) is 38.6 Å². The lowest BCUT2D eigenvalue weighted by molar-refractivity contribution is -0.119. The lowest BCUT2D eigenvalue weighted by Crippen LogP contribution is -2.33. The minimum atomic E-state index is -0.683. The maximum Gasteiger partial charge on any atom is 0.267 e. The van der Waals surface area contributed by atoms with E-state index >= 15 is 0 Å². The van der Waals surface area contributed by atoms with Gasteiger partial charge in [-0.1, -0.05) is 11.6 Å². The van der Waals surface area contributed by atoms with Gasteiger partial charge in [0.1, 0.15) is 6.04 Å². The number of amides is 1. The number of carbonyl (C=O) groups excluding carboxylic acids is 1. The van der Waals surface area contributed by atoms with E-state index in [0.29, 0.717) is 16.6 Å². The largest absolute Gasteiger partial charge is 0.324 e. The van der Waals surface area contributed by atoms with Crippen molar-refractivity contribution < 1.29 is 4.79 Å². The Bertz CT molecular complexity index is 812. The van der Waals surface area contributed by atoms with Crippen molar-refractivity contribution in [2.75, 3.05) is 5.32 Å². The van der Waals surface area contributed by atoms with Crippen LogP contribution in [0.25, 0.3) is 0 Å². The fourth-order valence-corrected chi connectivity index (χ4v) is 2.51. The summed E-state index contributed by atoms with van der Waals surface area (Å²) in [6, 6.07) is 7.81. The molecule has 1 aromatic heterocycles. The number of carbonyl (C=O) groups is 1. The molecule has 1 saturated carbocycles. The molecule has 120 valence electrons. The molecule has 1 fully saturated rings. The normalized spacial score (nSPS) is 15.3. The molecular formula is C17H18ClN3O2. The van der Waals surface area contributed by atoms with Crippen molar-refractivity contribution in [1.82, 2.24) is 9.78 Å². The molecule has 1 aliphatic rings. The summed E-state index contributed by atoms with van der Waals surface area (Å²) in [6.07, 6.45) is 2.19. The molecule has 5 nitrogen and oxygen atoms in total. The van der Waals surface area contributed by atoms with E-state index in [2.05, 4.69) is 10.4 Å². The Hall–Kier alpha value is -2.14. The third-order valence-corrected chi connectivity index (χ3v) is 4.44. The van der Waals surface area contributed by atoms with E-state index < -0.39 is 6.04 Å². The second-order valence-electron chi connectivity index (χ2n) is 5.94.